The highest BCUT2D eigenvalue weighted by Gasteiger charge is 2.19. The van der Waals surface area contributed by atoms with Crippen molar-refractivity contribution in [3.63, 3.8) is 0 Å². The molecule has 6 heteroatoms. The summed E-state index contributed by atoms with van der Waals surface area (Å²) in [6.45, 7) is 6.46. The molecule has 0 spiro atoms. The molecule has 81 heavy (non-hydrogen) atoms. The van der Waals surface area contributed by atoms with E-state index >= 15 is 0 Å². The summed E-state index contributed by atoms with van der Waals surface area (Å²) in [5.74, 6) is -0.880. The summed E-state index contributed by atoms with van der Waals surface area (Å²) in [5, 5.41) is 0. The van der Waals surface area contributed by atoms with Gasteiger partial charge < -0.3 is 14.2 Å². The Hall–Kier alpha value is -3.15. The Morgan fingerprint density at radius 3 is 0.753 bits per heavy atom. The van der Waals surface area contributed by atoms with Gasteiger partial charge in [-0.3, -0.25) is 14.4 Å². The molecule has 470 valence electrons. The van der Waals surface area contributed by atoms with E-state index in [2.05, 4.69) is 93.7 Å². The van der Waals surface area contributed by atoms with Crippen molar-refractivity contribution in [3.8, 4) is 0 Å². The molecular weight excluding hydrogens is 997 g/mol. The third-order valence-corrected chi connectivity index (χ3v) is 15.7. The number of hydrogen-bond donors (Lipinski definition) is 0. The van der Waals surface area contributed by atoms with Crippen LogP contribution in [0.1, 0.15) is 367 Å². The van der Waals surface area contributed by atoms with E-state index in [0.717, 1.165) is 109 Å². The Balaban J connectivity index is 4.24. The first-order chi connectivity index (χ1) is 40.0. The summed E-state index contributed by atoms with van der Waals surface area (Å²) in [7, 11) is 0. The summed E-state index contributed by atoms with van der Waals surface area (Å²) in [5.41, 5.74) is 0. The maximum Gasteiger partial charge on any atom is 0.306 e. The SMILES string of the molecule is CC/C=C\C/C=C\C/C=C\CCCCCCCCCC(=O)OCC(COC(=O)CCCCCCCCCCCCCCCCCCCCCCCCCCCCCCC)OC(=O)CCCCCCCCC/C=C\C/C=C\C/C=C\CC. The minimum absolute atomic E-state index is 0.0796. The van der Waals surface area contributed by atoms with E-state index in [1.165, 1.54) is 218 Å². The van der Waals surface area contributed by atoms with Gasteiger partial charge in [0.25, 0.3) is 0 Å². The molecule has 0 bridgehead atoms. The lowest BCUT2D eigenvalue weighted by atomic mass is 10.0. The molecule has 0 rings (SSSR count). The molecule has 1 atom stereocenters. The number of unbranched alkanes of at least 4 members (excludes halogenated alkanes) is 42. The van der Waals surface area contributed by atoms with Crippen LogP contribution in [0.4, 0.5) is 0 Å². The van der Waals surface area contributed by atoms with Crippen molar-refractivity contribution in [2.24, 2.45) is 0 Å². The highest BCUT2D eigenvalue weighted by atomic mass is 16.6. The van der Waals surface area contributed by atoms with E-state index < -0.39 is 6.10 Å². The normalized spacial score (nSPS) is 12.5. The van der Waals surface area contributed by atoms with Crippen molar-refractivity contribution in [3.05, 3.63) is 72.9 Å². The first-order valence-electron chi connectivity index (χ1n) is 35.4. The summed E-state index contributed by atoms with van der Waals surface area (Å²) >= 11 is 0. The molecule has 0 saturated carbocycles. The van der Waals surface area contributed by atoms with Gasteiger partial charge in [0, 0.05) is 19.3 Å². The predicted molar refractivity (Wildman–Crippen MR) is 353 cm³/mol. The molecule has 0 N–H and O–H groups in total. The molecule has 0 aromatic carbocycles. The van der Waals surface area contributed by atoms with E-state index in [4.69, 9.17) is 14.2 Å². The van der Waals surface area contributed by atoms with Crippen LogP contribution in [0, 0.1) is 0 Å². The van der Waals surface area contributed by atoms with Gasteiger partial charge in [0.05, 0.1) is 0 Å². The fraction of sp³-hybridized carbons (Fsp3) is 0.800. The average molecular weight is 1130 g/mol. The second kappa shape index (κ2) is 69.3. The van der Waals surface area contributed by atoms with Crippen LogP contribution in [0.3, 0.4) is 0 Å². The van der Waals surface area contributed by atoms with E-state index in [9.17, 15) is 14.4 Å². The predicted octanol–water partition coefficient (Wildman–Crippen LogP) is 24.4. The summed E-state index contributed by atoms with van der Waals surface area (Å²) < 4.78 is 17.0. The summed E-state index contributed by atoms with van der Waals surface area (Å²) in [6.07, 6.45) is 90.8. The van der Waals surface area contributed by atoms with Crippen LogP contribution < -0.4 is 0 Å². The lowest BCUT2D eigenvalue weighted by molar-refractivity contribution is -0.167. The highest BCUT2D eigenvalue weighted by Crippen LogP contribution is 2.18. The lowest BCUT2D eigenvalue weighted by Gasteiger charge is -2.18. The van der Waals surface area contributed by atoms with Gasteiger partial charge in [0.1, 0.15) is 13.2 Å². The Labute approximate surface area is 503 Å². The standard InChI is InChI=1S/C75H134O6/c1-4-7-10-13-16-19-22-25-28-31-32-33-34-35-36-37-38-39-40-41-42-45-47-50-53-56-59-62-65-68-74(77)80-71-72(81-75(78)69-66-63-60-57-54-51-48-44-30-27-24-21-18-15-12-9-6-3)70-79-73(76)67-64-61-58-55-52-49-46-43-29-26-23-20-17-14-11-8-5-2/h8-9,11-12,17-18,20-21,26-27,29-30,72H,4-7,10,13-16,19,22-25,28,31-71H2,1-3H3/b11-8-,12-9-,20-17-,21-18-,29-26-,30-27-. The highest BCUT2D eigenvalue weighted by molar-refractivity contribution is 5.71. The zero-order chi connectivity index (χ0) is 58.5. The van der Waals surface area contributed by atoms with Crippen LogP contribution in [-0.4, -0.2) is 37.2 Å². The van der Waals surface area contributed by atoms with Crippen molar-refractivity contribution in [1.82, 2.24) is 0 Å². The molecule has 0 heterocycles. The van der Waals surface area contributed by atoms with Crippen LogP contribution >= 0.6 is 0 Å². The van der Waals surface area contributed by atoms with Crippen LogP contribution in [0.15, 0.2) is 72.9 Å². The van der Waals surface area contributed by atoms with Crippen molar-refractivity contribution < 1.29 is 28.6 Å². The van der Waals surface area contributed by atoms with E-state index in [1.54, 1.807) is 0 Å². The third kappa shape index (κ3) is 67.5. The van der Waals surface area contributed by atoms with Crippen molar-refractivity contribution in [2.75, 3.05) is 13.2 Å². The topological polar surface area (TPSA) is 78.9 Å². The van der Waals surface area contributed by atoms with Gasteiger partial charge in [0.2, 0.25) is 0 Å². The fourth-order valence-corrected chi connectivity index (χ4v) is 10.5. The zero-order valence-corrected chi connectivity index (χ0v) is 54.1. The summed E-state index contributed by atoms with van der Waals surface area (Å²) in [4.78, 5) is 38.4. The maximum atomic E-state index is 12.9. The number of carbonyl (C=O) groups excluding carboxylic acids is 3. The zero-order valence-electron chi connectivity index (χ0n) is 54.1. The number of carbonyl (C=O) groups is 3. The van der Waals surface area contributed by atoms with Gasteiger partial charge in [-0.15, -0.1) is 0 Å². The van der Waals surface area contributed by atoms with E-state index in [1.807, 2.05) is 0 Å². The molecular formula is C75H134O6. The smallest absolute Gasteiger partial charge is 0.306 e. The van der Waals surface area contributed by atoms with Gasteiger partial charge in [-0.05, 0) is 83.5 Å². The molecule has 0 aliphatic rings. The van der Waals surface area contributed by atoms with Crippen molar-refractivity contribution >= 4 is 17.9 Å². The minimum atomic E-state index is -0.786. The van der Waals surface area contributed by atoms with Crippen LogP contribution in [0.5, 0.6) is 0 Å². The Bertz CT molecular complexity index is 1490. The summed E-state index contributed by atoms with van der Waals surface area (Å²) in [6, 6.07) is 0. The van der Waals surface area contributed by atoms with E-state index in [-0.39, 0.29) is 31.1 Å². The average Bonchev–Trinajstić information content (AvgIpc) is 3.47. The Morgan fingerprint density at radius 2 is 0.481 bits per heavy atom. The third-order valence-electron chi connectivity index (χ3n) is 15.7. The number of ether oxygens (including phenoxy) is 3. The van der Waals surface area contributed by atoms with E-state index in [0.29, 0.717) is 19.3 Å². The van der Waals surface area contributed by atoms with Gasteiger partial charge in [-0.25, -0.2) is 0 Å². The molecule has 1 unspecified atom stereocenters. The molecule has 0 amide bonds. The first-order valence-corrected chi connectivity index (χ1v) is 35.4. The number of rotatable bonds is 65. The molecule has 0 saturated heterocycles. The number of allylic oxidation sites excluding steroid dienone is 12. The number of esters is 3. The fourth-order valence-electron chi connectivity index (χ4n) is 10.5. The number of hydrogen-bond acceptors (Lipinski definition) is 6. The van der Waals surface area contributed by atoms with Crippen LogP contribution in [0.25, 0.3) is 0 Å². The first kappa shape index (κ1) is 77.9. The second-order valence-electron chi connectivity index (χ2n) is 23.7. The molecule has 0 aliphatic carbocycles. The molecule has 0 aliphatic heterocycles. The second-order valence-corrected chi connectivity index (χ2v) is 23.7. The Kier molecular flexibility index (Phi) is 66.6. The molecule has 0 aromatic rings. The van der Waals surface area contributed by atoms with Gasteiger partial charge in [-0.2, -0.15) is 0 Å². The molecule has 0 aromatic heterocycles. The molecule has 0 radical (unpaired) electrons. The van der Waals surface area contributed by atoms with Crippen molar-refractivity contribution in [2.45, 2.75) is 374 Å². The maximum absolute atomic E-state index is 12.9. The minimum Gasteiger partial charge on any atom is -0.462 e. The van der Waals surface area contributed by atoms with Gasteiger partial charge in [-0.1, -0.05) is 338 Å². The van der Waals surface area contributed by atoms with Crippen LogP contribution in [0.2, 0.25) is 0 Å². The molecule has 0 fully saturated rings. The monoisotopic (exact) mass is 1130 g/mol. The van der Waals surface area contributed by atoms with Crippen LogP contribution in [-0.2, 0) is 28.6 Å². The largest absolute Gasteiger partial charge is 0.462 e. The van der Waals surface area contributed by atoms with Gasteiger partial charge in [0.15, 0.2) is 6.10 Å². The molecule has 6 nitrogen and oxygen atoms in total. The van der Waals surface area contributed by atoms with Crippen molar-refractivity contribution in [1.29, 1.82) is 0 Å². The lowest BCUT2D eigenvalue weighted by Crippen LogP contribution is -2.30. The quantitative estimate of drug-likeness (QED) is 0.0261. The Morgan fingerprint density at radius 1 is 0.259 bits per heavy atom. The van der Waals surface area contributed by atoms with Gasteiger partial charge >= 0.3 is 17.9 Å².